The Hall–Kier alpha value is -2.03. The number of carbonyl (C=O) groups is 2. The summed E-state index contributed by atoms with van der Waals surface area (Å²) in [7, 11) is -4.72. The lowest BCUT2D eigenvalue weighted by atomic mass is 9.86. The molecule has 1 aromatic carbocycles. The van der Waals surface area contributed by atoms with Gasteiger partial charge in [0.1, 0.15) is 0 Å². The third kappa shape index (κ3) is 5.00. The fraction of sp³-hybridized carbons (Fsp3) is 0.529. The number of benzene rings is 1. The van der Waals surface area contributed by atoms with Crippen LogP contribution in [0.3, 0.4) is 0 Å². The molecule has 0 unspecified atom stereocenters. The maximum Gasteiger partial charge on any atom is 0.341 e. The van der Waals surface area contributed by atoms with Crippen molar-refractivity contribution >= 4 is 21.7 Å². The second-order valence-electron chi connectivity index (χ2n) is 6.34. The lowest BCUT2D eigenvalue weighted by Gasteiger charge is -2.29. The highest BCUT2D eigenvalue weighted by molar-refractivity contribution is 7.91. The number of halogens is 2. The van der Waals surface area contributed by atoms with Gasteiger partial charge in [-0.2, -0.15) is 8.78 Å². The summed E-state index contributed by atoms with van der Waals surface area (Å²) < 4.78 is 52.5. The Labute approximate surface area is 150 Å². The first-order valence-corrected chi connectivity index (χ1v) is 9.85. The van der Waals surface area contributed by atoms with E-state index >= 15 is 0 Å². The zero-order chi connectivity index (χ0) is 19.3. The first-order valence-electron chi connectivity index (χ1n) is 8.30. The minimum Gasteiger partial charge on any atom is -0.452 e. The van der Waals surface area contributed by atoms with Crippen molar-refractivity contribution in [1.82, 2.24) is 5.32 Å². The van der Waals surface area contributed by atoms with Gasteiger partial charge in [-0.05, 0) is 43.0 Å². The molecule has 1 amide bonds. The summed E-state index contributed by atoms with van der Waals surface area (Å²) in [4.78, 5) is 23.2. The van der Waals surface area contributed by atoms with Gasteiger partial charge in [0.15, 0.2) is 6.61 Å². The number of esters is 1. The monoisotopic (exact) mass is 389 g/mol. The molecule has 0 aliphatic heterocycles. The SMILES string of the molecule is C[C@H]1CCCC[C@H]1NC(=O)COC(=O)c1ccc(S(=O)(=O)C(F)F)cc1. The zero-order valence-corrected chi connectivity index (χ0v) is 15.1. The van der Waals surface area contributed by atoms with E-state index in [0.717, 1.165) is 49.9 Å². The maximum absolute atomic E-state index is 12.5. The standard InChI is InChI=1S/C17H21F2NO5S/c1-11-4-2-3-5-14(11)20-15(21)10-25-16(22)12-6-8-13(9-7-12)26(23,24)17(18)19/h6-9,11,14,17H,2-5,10H2,1H3,(H,20,21)/t11-,14+/m0/s1. The molecule has 6 nitrogen and oxygen atoms in total. The van der Waals surface area contributed by atoms with Crippen molar-refractivity contribution in [2.45, 2.75) is 49.3 Å². The minimum absolute atomic E-state index is 0.0305. The minimum atomic E-state index is -4.72. The third-order valence-electron chi connectivity index (χ3n) is 4.45. The van der Waals surface area contributed by atoms with Gasteiger partial charge in [-0.1, -0.05) is 19.8 Å². The molecular formula is C17H21F2NO5S. The molecule has 9 heteroatoms. The quantitative estimate of drug-likeness (QED) is 0.755. The van der Waals surface area contributed by atoms with Gasteiger partial charge in [0.05, 0.1) is 10.5 Å². The van der Waals surface area contributed by atoms with E-state index < -0.39 is 39.0 Å². The van der Waals surface area contributed by atoms with Crippen molar-refractivity contribution < 1.29 is 31.5 Å². The second-order valence-corrected chi connectivity index (χ2v) is 8.26. The van der Waals surface area contributed by atoms with E-state index in [-0.39, 0.29) is 11.6 Å². The summed E-state index contributed by atoms with van der Waals surface area (Å²) in [5, 5.41) is 2.84. The van der Waals surface area contributed by atoms with Crippen molar-refractivity contribution in [3.8, 4) is 0 Å². The number of sulfone groups is 1. The van der Waals surface area contributed by atoms with Crippen LogP contribution >= 0.6 is 0 Å². The molecule has 0 spiro atoms. The van der Waals surface area contributed by atoms with Crippen molar-refractivity contribution in [3.05, 3.63) is 29.8 Å². The summed E-state index contributed by atoms with van der Waals surface area (Å²) in [6, 6.07) is 4.01. The number of nitrogens with one attached hydrogen (secondary N) is 1. The van der Waals surface area contributed by atoms with E-state index in [1.165, 1.54) is 0 Å². The fourth-order valence-corrected chi connectivity index (χ4v) is 3.60. The van der Waals surface area contributed by atoms with Gasteiger partial charge in [-0.25, -0.2) is 13.2 Å². The number of ether oxygens (including phenoxy) is 1. The number of rotatable bonds is 6. The molecule has 26 heavy (non-hydrogen) atoms. The predicted octanol–water partition coefficient (Wildman–Crippen LogP) is 2.53. The lowest BCUT2D eigenvalue weighted by molar-refractivity contribution is -0.125. The molecule has 1 saturated carbocycles. The molecule has 144 valence electrons. The van der Waals surface area contributed by atoms with E-state index in [1.54, 1.807) is 0 Å². The Bertz CT molecular complexity index is 749. The third-order valence-corrected chi connectivity index (χ3v) is 5.84. The van der Waals surface area contributed by atoms with E-state index in [4.69, 9.17) is 4.74 Å². The van der Waals surface area contributed by atoms with E-state index in [9.17, 15) is 26.8 Å². The molecular weight excluding hydrogens is 368 g/mol. The van der Waals surface area contributed by atoms with E-state index in [1.807, 2.05) is 0 Å². The van der Waals surface area contributed by atoms with Gasteiger partial charge < -0.3 is 10.1 Å². The fourth-order valence-electron chi connectivity index (χ4n) is 2.88. The summed E-state index contributed by atoms with van der Waals surface area (Å²) >= 11 is 0. The summed E-state index contributed by atoms with van der Waals surface area (Å²) in [6.07, 6.45) is 4.11. The average Bonchev–Trinajstić information content (AvgIpc) is 2.61. The Balaban J connectivity index is 1.88. The van der Waals surface area contributed by atoms with Crippen LogP contribution in [0, 0.1) is 5.92 Å². The summed E-state index contributed by atoms with van der Waals surface area (Å²) in [5.74, 6) is -4.41. The van der Waals surface area contributed by atoms with Gasteiger partial charge in [-0.15, -0.1) is 0 Å². The number of hydrogen-bond acceptors (Lipinski definition) is 5. The molecule has 1 N–H and O–H groups in total. The number of amides is 1. The Morgan fingerprint density at radius 1 is 1.19 bits per heavy atom. The van der Waals surface area contributed by atoms with Gasteiger partial charge in [0.25, 0.3) is 5.91 Å². The van der Waals surface area contributed by atoms with Crippen molar-refractivity contribution in [2.75, 3.05) is 6.61 Å². The number of carbonyl (C=O) groups excluding carboxylic acids is 2. The Kier molecular flexibility index (Phi) is 6.69. The first-order chi connectivity index (χ1) is 12.2. The Morgan fingerprint density at radius 3 is 2.38 bits per heavy atom. The molecule has 0 heterocycles. The van der Waals surface area contributed by atoms with Crippen LogP contribution in [0.4, 0.5) is 8.78 Å². The summed E-state index contributed by atoms with van der Waals surface area (Å²) in [5.41, 5.74) is -0.0305. The average molecular weight is 389 g/mol. The van der Waals surface area contributed by atoms with Crippen LogP contribution in [0.2, 0.25) is 0 Å². The normalized spacial score (nSPS) is 20.6. The van der Waals surface area contributed by atoms with Crippen LogP contribution in [0.15, 0.2) is 29.2 Å². The van der Waals surface area contributed by atoms with Crippen LogP contribution < -0.4 is 5.32 Å². The number of hydrogen-bond donors (Lipinski definition) is 1. The highest BCUT2D eigenvalue weighted by Crippen LogP contribution is 2.23. The van der Waals surface area contributed by atoms with Crippen LogP contribution in [0.25, 0.3) is 0 Å². The smallest absolute Gasteiger partial charge is 0.341 e. The molecule has 1 aliphatic carbocycles. The van der Waals surface area contributed by atoms with Crippen molar-refractivity contribution in [1.29, 1.82) is 0 Å². The lowest BCUT2D eigenvalue weighted by Crippen LogP contribution is -2.42. The summed E-state index contributed by atoms with van der Waals surface area (Å²) in [6.45, 7) is 1.60. The molecule has 1 fully saturated rings. The van der Waals surface area contributed by atoms with E-state index in [0.29, 0.717) is 5.92 Å². The molecule has 0 radical (unpaired) electrons. The van der Waals surface area contributed by atoms with E-state index in [2.05, 4.69) is 12.2 Å². The van der Waals surface area contributed by atoms with Crippen LogP contribution in [-0.4, -0.2) is 38.7 Å². The van der Waals surface area contributed by atoms with Crippen LogP contribution in [0.1, 0.15) is 43.0 Å². The largest absolute Gasteiger partial charge is 0.452 e. The first kappa shape index (κ1) is 20.3. The maximum atomic E-state index is 12.5. The highest BCUT2D eigenvalue weighted by Gasteiger charge is 2.27. The molecule has 1 aromatic rings. The Morgan fingerprint density at radius 2 is 1.81 bits per heavy atom. The number of alkyl halides is 2. The molecule has 1 aliphatic rings. The molecule has 0 bridgehead atoms. The molecule has 2 rings (SSSR count). The van der Waals surface area contributed by atoms with Crippen LogP contribution in [-0.2, 0) is 19.4 Å². The van der Waals surface area contributed by atoms with Crippen molar-refractivity contribution in [2.24, 2.45) is 5.92 Å². The zero-order valence-electron chi connectivity index (χ0n) is 14.3. The van der Waals surface area contributed by atoms with Crippen LogP contribution in [0.5, 0.6) is 0 Å². The molecule has 0 aromatic heterocycles. The van der Waals surface area contributed by atoms with Gasteiger partial charge in [0, 0.05) is 6.04 Å². The van der Waals surface area contributed by atoms with Gasteiger partial charge in [0.2, 0.25) is 9.84 Å². The second kappa shape index (κ2) is 8.57. The molecule has 0 saturated heterocycles. The van der Waals surface area contributed by atoms with Gasteiger partial charge in [-0.3, -0.25) is 4.79 Å². The molecule has 2 atom stereocenters. The highest BCUT2D eigenvalue weighted by atomic mass is 32.2. The predicted molar refractivity (Wildman–Crippen MR) is 89.5 cm³/mol. The van der Waals surface area contributed by atoms with Gasteiger partial charge >= 0.3 is 11.7 Å². The topological polar surface area (TPSA) is 89.5 Å². The van der Waals surface area contributed by atoms with Crippen molar-refractivity contribution in [3.63, 3.8) is 0 Å².